The second kappa shape index (κ2) is 6.86. The molecule has 0 unspecified atom stereocenters. The molecule has 0 aliphatic carbocycles. The van der Waals surface area contributed by atoms with Gasteiger partial charge in [-0.15, -0.1) is 0 Å². The Hall–Kier alpha value is 0.390. The van der Waals surface area contributed by atoms with Crippen molar-refractivity contribution in [3.63, 3.8) is 0 Å². The predicted molar refractivity (Wildman–Crippen MR) is 68.6 cm³/mol. The number of halogens is 1. The number of nitrogens with one attached hydrogen (secondary N) is 1. The van der Waals surface area contributed by atoms with Crippen LogP contribution in [0.1, 0.15) is 46.5 Å². The number of hydrogen-bond acceptors (Lipinski definition) is 2. The average molecular weight is 300 g/mol. The smallest absolute Gasteiger partial charge is 0.214 e. The molecule has 3 nitrogen and oxygen atoms in total. The van der Waals surface area contributed by atoms with E-state index in [1.165, 1.54) is 19.3 Å². The van der Waals surface area contributed by atoms with Crippen LogP contribution in [0.15, 0.2) is 0 Å². The highest BCUT2D eigenvalue weighted by molar-refractivity contribution is 9.10. The normalized spacial score (nSPS) is 13.1. The Balaban J connectivity index is 3.93. The number of rotatable bonds is 8. The van der Waals surface area contributed by atoms with Gasteiger partial charge in [0.1, 0.15) is 4.66 Å². The SMILES string of the molecule is CCCCCC(C)(C)CNS(=O)(=O)CBr. The molecule has 0 spiro atoms. The highest BCUT2D eigenvalue weighted by Crippen LogP contribution is 2.22. The topological polar surface area (TPSA) is 46.2 Å². The van der Waals surface area contributed by atoms with E-state index in [1.54, 1.807) is 0 Å². The Morgan fingerprint density at radius 2 is 1.87 bits per heavy atom. The van der Waals surface area contributed by atoms with Crippen molar-refractivity contribution in [3.05, 3.63) is 0 Å². The molecule has 0 aromatic carbocycles. The maximum atomic E-state index is 11.2. The van der Waals surface area contributed by atoms with Crippen molar-refractivity contribution in [1.82, 2.24) is 4.72 Å². The maximum Gasteiger partial charge on any atom is 0.221 e. The molecule has 0 aromatic heterocycles. The lowest BCUT2D eigenvalue weighted by Gasteiger charge is -2.24. The van der Waals surface area contributed by atoms with Crippen LogP contribution in [-0.2, 0) is 10.0 Å². The van der Waals surface area contributed by atoms with Crippen LogP contribution in [0.2, 0.25) is 0 Å². The molecule has 0 heterocycles. The van der Waals surface area contributed by atoms with Crippen molar-refractivity contribution in [2.45, 2.75) is 46.5 Å². The maximum absolute atomic E-state index is 11.2. The zero-order chi connectivity index (χ0) is 11.9. The summed E-state index contributed by atoms with van der Waals surface area (Å²) >= 11 is 2.95. The van der Waals surface area contributed by atoms with Gasteiger partial charge in [0.05, 0.1) is 0 Å². The molecule has 0 amide bonds. The second-order valence-electron chi connectivity index (χ2n) is 4.67. The van der Waals surface area contributed by atoms with Crippen LogP contribution >= 0.6 is 15.9 Å². The van der Waals surface area contributed by atoms with Gasteiger partial charge in [-0.3, -0.25) is 0 Å². The van der Waals surface area contributed by atoms with Gasteiger partial charge in [-0.1, -0.05) is 56.0 Å². The summed E-state index contributed by atoms with van der Waals surface area (Å²) in [4.78, 5) is 0. The monoisotopic (exact) mass is 299 g/mol. The lowest BCUT2D eigenvalue weighted by molar-refractivity contribution is 0.321. The van der Waals surface area contributed by atoms with E-state index in [0.717, 1.165) is 6.42 Å². The van der Waals surface area contributed by atoms with E-state index < -0.39 is 10.0 Å². The van der Waals surface area contributed by atoms with Gasteiger partial charge >= 0.3 is 0 Å². The molecule has 15 heavy (non-hydrogen) atoms. The molecule has 0 fully saturated rings. The van der Waals surface area contributed by atoms with E-state index in [0.29, 0.717) is 6.54 Å². The summed E-state index contributed by atoms with van der Waals surface area (Å²) < 4.78 is 25.0. The first kappa shape index (κ1) is 15.4. The molecule has 92 valence electrons. The summed E-state index contributed by atoms with van der Waals surface area (Å²) in [5, 5.41) is 0. The molecule has 0 rings (SSSR count). The largest absolute Gasteiger partial charge is 0.221 e. The van der Waals surface area contributed by atoms with Gasteiger partial charge in [-0.25, -0.2) is 13.1 Å². The second-order valence-corrected chi connectivity index (χ2v) is 7.78. The summed E-state index contributed by atoms with van der Waals surface area (Å²) in [5.41, 5.74) is 0.0460. The van der Waals surface area contributed by atoms with Gasteiger partial charge in [-0.2, -0.15) is 0 Å². The van der Waals surface area contributed by atoms with Gasteiger partial charge in [-0.05, 0) is 11.8 Å². The Morgan fingerprint density at radius 1 is 1.27 bits per heavy atom. The molecule has 5 heteroatoms. The summed E-state index contributed by atoms with van der Waals surface area (Å²) in [6, 6.07) is 0. The molecule has 0 aliphatic rings. The highest BCUT2D eigenvalue weighted by atomic mass is 79.9. The highest BCUT2D eigenvalue weighted by Gasteiger charge is 2.19. The number of alkyl halides is 1. The van der Waals surface area contributed by atoms with E-state index in [9.17, 15) is 8.42 Å². The zero-order valence-corrected chi connectivity index (χ0v) is 12.2. The van der Waals surface area contributed by atoms with Crippen LogP contribution in [0.3, 0.4) is 0 Å². The van der Waals surface area contributed by atoms with E-state index in [1.807, 2.05) is 0 Å². The van der Waals surface area contributed by atoms with Gasteiger partial charge in [0.25, 0.3) is 0 Å². The van der Waals surface area contributed by atoms with E-state index in [-0.39, 0.29) is 10.1 Å². The van der Waals surface area contributed by atoms with Crippen molar-refractivity contribution in [1.29, 1.82) is 0 Å². The van der Waals surface area contributed by atoms with Gasteiger partial charge < -0.3 is 0 Å². The molecule has 0 aromatic rings. The molecular formula is C10H22BrNO2S. The molecule has 0 radical (unpaired) electrons. The quantitative estimate of drug-likeness (QED) is 0.553. The Labute approximate surface area is 102 Å². The third kappa shape index (κ3) is 8.22. The Morgan fingerprint density at radius 3 is 2.33 bits per heavy atom. The van der Waals surface area contributed by atoms with Crippen molar-refractivity contribution in [2.24, 2.45) is 5.41 Å². The van der Waals surface area contributed by atoms with Gasteiger partial charge in [0.15, 0.2) is 0 Å². The third-order valence-corrected chi connectivity index (χ3v) is 5.05. The Kier molecular flexibility index (Phi) is 7.04. The number of unbranched alkanes of at least 4 members (excludes halogenated alkanes) is 2. The summed E-state index contributed by atoms with van der Waals surface area (Å²) in [6.45, 7) is 6.88. The van der Waals surface area contributed by atoms with Crippen molar-refractivity contribution in [2.75, 3.05) is 11.2 Å². The van der Waals surface area contributed by atoms with E-state index >= 15 is 0 Å². The summed E-state index contributed by atoms with van der Waals surface area (Å²) in [5.74, 6) is 0. The molecule has 0 saturated heterocycles. The van der Waals surface area contributed by atoms with Crippen LogP contribution in [-0.4, -0.2) is 19.6 Å². The predicted octanol–water partition coefficient (Wildman–Crippen LogP) is 2.86. The first-order valence-corrected chi connectivity index (χ1v) is 8.13. The number of sulfonamides is 1. The fourth-order valence-corrected chi connectivity index (χ4v) is 2.46. The van der Waals surface area contributed by atoms with Crippen molar-refractivity contribution >= 4 is 26.0 Å². The molecule has 0 saturated carbocycles. The van der Waals surface area contributed by atoms with E-state index in [4.69, 9.17) is 0 Å². The van der Waals surface area contributed by atoms with E-state index in [2.05, 4.69) is 41.4 Å². The van der Waals surface area contributed by atoms with Crippen molar-refractivity contribution < 1.29 is 8.42 Å². The Bertz CT molecular complexity index is 263. The van der Waals surface area contributed by atoms with Crippen molar-refractivity contribution in [3.8, 4) is 0 Å². The summed E-state index contributed by atoms with van der Waals surface area (Å²) in [7, 11) is -3.12. The molecule has 0 aliphatic heterocycles. The summed E-state index contributed by atoms with van der Waals surface area (Å²) in [6.07, 6.45) is 4.64. The molecular weight excluding hydrogens is 278 g/mol. The van der Waals surface area contributed by atoms with Crippen LogP contribution in [0.4, 0.5) is 0 Å². The first-order chi connectivity index (χ1) is 6.83. The molecule has 1 N–H and O–H groups in total. The first-order valence-electron chi connectivity index (χ1n) is 5.36. The standard InChI is InChI=1S/C10H22BrNO2S/c1-4-5-6-7-10(2,3)8-12-15(13,14)9-11/h12H,4-9H2,1-3H3. The van der Waals surface area contributed by atoms with Crippen LogP contribution in [0.25, 0.3) is 0 Å². The van der Waals surface area contributed by atoms with Gasteiger partial charge in [0, 0.05) is 6.54 Å². The average Bonchev–Trinajstić information content (AvgIpc) is 2.16. The minimum absolute atomic E-state index is 0.0228. The fraction of sp³-hybridized carbons (Fsp3) is 1.00. The van der Waals surface area contributed by atoms with Crippen LogP contribution in [0, 0.1) is 5.41 Å². The lowest BCUT2D eigenvalue weighted by Crippen LogP contribution is -2.34. The van der Waals surface area contributed by atoms with Gasteiger partial charge in [0.2, 0.25) is 10.0 Å². The van der Waals surface area contributed by atoms with Crippen LogP contribution in [0.5, 0.6) is 0 Å². The zero-order valence-electron chi connectivity index (χ0n) is 9.85. The minimum atomic E-state index is -3.12. The van der Waals surface area contributed by atoms with Crippen LogP contribution < -0.4 is 4.72 Å². The molecule has 0 atom stereocenters. The number of hydrogen-bond donors (Lipinski definition) is 1. The fourth-order valence-electron chi connectivity index (χ4n) is 1.29. The molecule has 0 bridgehead atoms. The lowest BCUT2D eigenvalue weighted by atomic mass is 9.87. The minimum Gasteiger partial charge on any atom is -0.214 e. The third-order valence-electron chi connectivity index (χ3n) is 2.37.